The maximum Gasteiger partial charge on any atom is 0.255 e. The molecule has 0 aromatic heterocycles. The summed E-state index contributed by atoms with van der Waals surface area (Å²) >= 11 is 0. The Hall–Kier alpha value is -1.82. The molecular formula is C19H22N2O. The van der Waals surface area contributed by atoms with Gasteiger partial charge in [0.1, 0.15) is 5.54 Å². The number of nitrogens with zero attached hydrogens (tertiary/aromatic N) is 2. The van der Waals surface area contributed by atoms with E-state index in [4.69, 9.17) is 0 Å². The molecule has 1 aliphatic heterocycles. The first-order chi connectivity index (χ1) is 10.4. The van der Waals surface area contributed by atoms with Crippen molar-refractivity contribution in [3.05, 3.63) is 35.4 Å². The SMILES string of the molecule is Cc1ccc(C(=O)N2C[C@]3(C)[C@H]4CC[C@]3(C)[C@]2(C#N)C4)cc1. The van der Waals surface area contributed by atoms with Crippen molar-refractivity contribution in [2.24, 2.45) is 16.7 Å². The Bertz CT molecular complexity index is 703. The molecule has 1 saturated heterocycles. The van der Waals surface area contributed by atoms with Gasteiger partial charge in [0.2, 0.25) is 0 Å². The fourth-order valence-corrected chi connectivity index (χ4v) is 5.61. The summed E-state index contributed by atoms with van der Waals surface area (Å²) in [7, 11) is 0. The van der Waals surface area contributed by atoms with E-state index in [1.165, 1.54) is 6.42 Å². The highest BCUT2D eigenvalue weighted by Crippen LogP contribution is 2.75. The number of amides is 1. The van der Waals surface area contributed by atoms with Crippen molar-refractivity contribution in [2.75, 3.05) is 6.54 Å². The Labute approximate surface area is 131 Å². The maximum absolute atomic E-state index is 13.0. The summed E-state index contributed by atoms with van der Waals surface area (Å²) in [5, 5.41) is 10.0. The average Bonchev–Trinajstić information content (AvgIpc) is 2.96. The Morgan fingerprint density at radius 3 is 2.59 bits per heavy atom. The minimum absolute atomic E-state index is 0.0249. The normalized spacial score (nSPS) is 41.7. The van der Waals surface area contributed by atoms with Gasteiger partial charge in [-0.25, -0.2) is 0 Å². The predicted molar refractivity (Wildman–Crippen MR) is 84.1 cm³/mol. The van der Waals surface area contributed by atoms with Crippen molar-refractivity contribution in [3.8, 4) is 6.07 Å². The molecule has 0 spiro atoms. The zero-order chi connectivity index (χ0) is 15.8. The molecular weight excluding hydrogens is 272 g/mol. The number of rotatable bonds is 1. The zero-order valence-corrected chi connectivity index (χ0v) is 13.5. The van der Waals surface area contributed by atoms with Crippen molar-refractivity contribution < 1.29 is 4.79 Å². The number of benzene rings is 1. The molecule has 3 aliphatic rings. The number of nitriles is 1. The number of carbonyl (C=O) groups excluding carboxylic acids is 1. The molecule has 3 nitrogen and oxygen atoms in total. The highest BCUT2D eigenvalue weighted by Gasteiger charge is 2.78. The van der Waals surface area contributed by atoms with Gasteiger partial charge in [-0.2, -0.15) is 5.26 Å². The van der Waals surface area contributed by atoms with Crippen molar-refractivity contribution in [2.45, 2.75) is 45.6 Å². The van der Waals surface area contributed by atoms with Gasteiger partial charge in [0, 0.05) is 17.5 Å². The molecule has 4 atom stereocenters. The molecule has 0 N–H and O–H groups in total. The fourth-order valence-electron chi connectivity index (χ4n) is 5.61. The van der Waals surface area contributed by atoms with Gasteiger partial charge in [0.25, 0.3) is 5.91 Å². The second kappa shape index (κ2) is 3.93. The summed E-state index contributed by atoms with van der Waals surface area (Å²) in [4.78, 5) is 14.9. The lowest BCUT2D eigenvalue weighted by molar-refractivity contribution is 0.0430. The van der Waals surface area contributed by atoms with Crippen LogP contribution < -0.4 is 0 Å². The molecule has 0 radical (unpaired) electrons. The van der Waals surface area contributed by atoms with Crippen LogP contribution in [0.3, 0.4) is 0 Å². The van der Waals surface area contributed by atoms with Crippen LogP contribution in [-0.4, -0.2) is 22.9 Å². The molecule has 22 heavy (non-hydrogen) atoms. The van der Waals surface area contributed by atoms with E-state index in [1.807, 2.05) is 36.1 Å². The maximum atomic E-state index is 13.0. The first-order valence-electron chi connectivity index (χ1n) is 8.18. The average molecular weight is 294 g/mol. The molecule has 1 aromatic carbocycles. The van der Waals surface area contributed by atoms with Gasteiger partial charge in [0.05, 0.1) is 6.07 Å². The van der Waals surface area contributed by atoms with E-state index < -0.39 is 5.54 Å². The fraction of sp³-hybridized carbons (Fsp3) is 0.579. The van der Waals surface area contributed by atoms with Crippen LogP contribution in [0.2, 0.25) is 0 Å². The van der Waals surface area contributed by atoms with Crippen LogP contribution in [0.1, 0.15) is 49.0 Å². The highest BCUT2D eigenvalue weighted by atomic mass is 16.2. The smallest absolute Gasteiger partial charge is 0.255 e. The predicted octanol–water partition coefficient (Wildman–Crippen LogP) is 3.54. The second-order valence-corrected chi connectivity index (χ2v) is 7.92. The van der Waals surface area contributed by atoms with Crippen LogP contribution in [-0.2, 0) is 0 Å². The van der Waals surface area contributed by atoms with E-state index in [-0.39, 0.29) is 16.7 Å². The number of piperidine rings is 1. The number of hydrogen-bond acceptors (Lipinski definition) is 2. The van der Waals surface area contributed by atoms with Crippen molar-refractivity contribution in [1.82, 2.24) is 4.90 Å². The summed E-state index contributed by atoms with van der Waals surface area (Å²) in [6.45, 7) is 7.29. The van der Waals surface area contributed by atoms with E-state index >= 15 is 0 Å². The van der Waals surface area contributed by atoms with Crippen LogP contribution >= 0.6 is 0 Å². The van der Waals surface area contributed by atoms with E-state index in [0.29, 0.717) is 11.5 Å². The largest absolute Gasteiger partial charge is 0.319 e. The Kier molecular flexibility index (Phi) is 2.47. The van der Waals surface area contributed by atoms with Gasteiger partial charge in [-0.3, -0.25) is 4.79 Å². The topological polar surface area (TPSA) is 44.1 Å². The third-order valence-corrected chi connectivity index (χ3v) is 7.28. The van der Waals surface area contributed by atoms with E-state index in [1.54, 1.807) is 0 Å². The van der Waals surface area contributed by atoms with E-state index in [0.717, 1.165) is 24.9 Å². The number of likely N-dealkylation sites (tertiary alicyclic amines) is 1. The van der Waals surface area contributed by atoms with Crippen LogP contribution in [0.15, 0.2) is 24.3 Å². The number of hydrogen-bond donors (Lipinski definition) is 0. The third kappa shape index (κ3) is 1.26. The molecule has 1 aromatic rings. The summed E-state index contributed by atoms with van der Waals surface area (Å²) < 4.78 is 0. The lowest BCUT2D eigenvalue weighted by Crippen LogP contribution is -2.54. The quantitative estimate of drug-likeness (QED) is 0.795. The zero-order valence-electron chi connectivity index (χ0n) is 13.5. The lowest BCUT2D eigenvalue weighted by atomic mass is 9.66. The summed E-state index contributed by atoms with van der Waals surface area (Å²) in [5.74, 6) is 0.621. The lowest BCUT2D eigenvalue weighted by Gasteiger charge is -2.43. The highest BCUT2D eigenvalue weighted by molar-refractivity contribution is 5.95. The molecule has 4 rings (SSSR count). The summed E-state index contributed by atoms with van der Waals surface area (Å²) in [6.07, 6.45) is 3.14. The van der Waals surface area contributed by atoms with Crippen molar-refractivity contribution >= 4 is 5.91 Å². The van der Waals surface area contributed by atoms with Crippen molar-refractivity contribution in [1.29, 1.82) is 5.26 Å². The Morgan fingerprint density at radius 2 is 2.00 bits per heavy atom. The molecule has 3 heteroatoms. The second-order valence-electron chi connectivity index (χ2n) is 7.92. The van der Waals surface area contributed by atoms with Gasteiger partial charge in [0.15, 0.2) is 0 Å². The third-order valence-electron chi connectivity index (χ3n) is 7.28. The molecule has 114 valence electrons. The molecule has 1 heterocycles. The summed E-state index contributed by atoms with van der Waals surface area (Å²) in [6, 6.07) is 10.3. The standard InChI is InChI=1S/C19H22N2O/c1-13-4-6-14(7-5-13)16(22)21-12-17(2)15-8-9-18(17,3)19(21,10-15)11-20/h4-7,15H,8-10,12H2,1-3H3/t15-,17+,18-,19+/m0/s1. The van der Waals surface area contributed by atoms with E-state index in [2.05, 4.69) is 19.9 Å². The first-order valence-corrected chi connectivity index (χ1v) is 8.18. The van der Waals surface area contributed by atoms with Crippen LogP contribution in [0.5, 0.6) is 0 Å². The van der Waals surface area contributed by atoms with E-state index in [9.17, 15) is 10.1 Å². The van der Waals surface area contributed by atoms with Crippen LogP contribution in [0.25, 0.3) is 0 Å². The van der Waals surface area contributed by atoms with Crippen LogP contribution in [0, 0.1) is 35.0 Å². The minimum atomic E-state index is -0.605. The molecule has 2 saturated carbocycles. The monoisotopic (exact) mass is 294 g/mol. The molecule has 4 bridgehead atoms. The first kappa shape index (κ1) is 13.8. The molecule has 1 amide bonds. The molecule has 2 aliphatic carbocycles. The number of aryl methyl sites for hydroxylation is 1. The molecule has 3 fully saturated rings. The van der Waals surface area contributed by atoms with Crippen molar-refractivity contribution in [3.63, 3.8) is 0 Å². The Balaban J connectivity index is 1.78. The minimum Gasteiger partial charge on any atom is -0.319 e. The van der Waals surface area contributed by atoms with Crippen LogP contribution in [0.4, 0.5) is 0 Å². The molecule has 0 unspecified atom stereocenters. The Morgan fingerprint density at radius 1 is 1.32 bits per heavy atom. The van der Waals surface area contributed by atoms with Gasteiger partial charge in [-0.05, 0) is 49.7 Å². The summed E-state index contributed by atoms with van der Waals surface area (Å²) in [5.41, 5.74) is 1.29. The van der Waals surface area contributed by atoms with Gasteiger partial charge >= 0.3 is 0 Å². The van der Waals surface area contributed by atoms with Gasteiger partial charge in [-0.1, -0.05) is 31.5 Å². The van der Waals surface area contributed by atoms with Gasteiger partial charge in [-0.15, -0.1) is 0 Å². The van der Waals surface area contributed by atoms with Gasteiger partial charge < -0.3 is 4.90 Å². The number of carbonyl (C=O) groups is 1.